The number of benzene rings is 2. The first-order chi connectivity index (χ1) is 13.8. The Balaban J connectivity index is 1.73. The van der Waals surface area contributed by atoms with E-state index in [2.05, 4.69) is 5.32 Å². The van der Waals surface area contributed by atoms with Gasteiger partial charge in [0.2, 0.25) is 15.9 Å². The van der Waals surface area contributed by atoms with Crippen LogP contribution in [-0.2, 0) is 14.8 Å². The van der Waals surface area contributed by atoms with Crippen molar-refractivity contribution in [1.82, 2.24) is 5.32 Å². The lowest BCUT2D eigenvalue weighted by Crippen LogP contribution is -2.52. The standard InChI is InChI=1S/C20H23FN2O5S/c1-3-16(23(29(2,25)26)17-9-5-4-8-15(17)21)20(24)22-12-14-13-27-18-10-6-7-11-19(18)28-14/h4-11,14,16H,3,12-13H2,1-2H3,(H,22,24)/t14-,16-/m1/s1. The van der Waals surface area contributed by atoms with E-state index in [0.29, 0.717) is 11.5 Å². The average Bonchev–Trinajstić information content (AvgIpc) is 2.70. The van der Waals surface area contributed by atoms with Crippen molar-refractivity contribution in [2.24, 2.45) is 0 Å². The van der Waals surface area contributed by atoms with Crippen LogP contribution in [0, 0.1) is 5.82 Å². The number of hydrogen-bond donors (Lipinski definition) is 1. The van der Waals surface area contributed by atoms with E-state index in [1.54, 1.807) is 19.1 Å². The summed E-state index contributed by atoms with van der Waals surface area (Å²) in [5, 5.41) is 2.70. The number of hydrogen-bond acceptors (Lipinski definition) is 5. The number of carbonyl (C=O) groups is 1. The van der Waals surface area contributed by atoms with Crippen molar-refractivity contribution in [2.45, 2.75) is 25.5 Å². The maximum atomic E-state index is 14.3. The zero-order chi connectivity index (χ0) is 21.0. The Labute approximate surface area is 169 Å². The third-order valence-electron chi connectivity index (χ3n) is 4.49. The number of halogens is 1. The predicted molar refractivity (Wildman–Crippen MR) is 107 cm³/mol. The normalized spacial score (nSPS) is 16.7. The Morgan fingerprint density at radius 3 is 2.52 bits per heavy atom. The predicted octanol–water partition coefficient (Wildman–Crippen LogP) is 2.33. The third kappa shape index (κ3) is 4.79. The van der Waals surface area contributed by atoms with E-state index in [1.807, 2.05) is 12.1 Å². The molecule has 2 aromatic carbocycles. The first kappa shape index (κ1) is 20.9. The number of amides is 1. The van der Waals surface area contributed by atoms with E-state index in [1.165, 1.54) is 18.2 Å². The van der Waals surface area contributed by atoms with E-state index in [0.717, 1.165) is 16.6 Å². The summed E-state index contributed by atoms with van der Waals surface area (Å²) in [7, 11) is -3.90. The molecule has 0 radical (unpaired) electrons. The molecule has 29 heavy (non-hydrogen) atoms. The average molecular weight is 422 g/mol. The molecule has 1 N–H and O–H groups in total. The summed E-state index contributed by atoms with van der Waals surface area (Å²) in [6.45, 7) is 2.04. The molecule has 0 saturated carbocycles. The van der Waals surface area contributed by atoms with Crippen LogP contribution in [0.3, 0.4) is 0 Å². The molecular weight excluding hydrogens is 399 g/mol. The molecule has 3 rings (SSSR count). The molecule has 0 aliphatic carbocycles. The minimum Gasteiger partial charge on any atom is -0.486 e. The van der Waals surface area contributed by atoms with Crippen molar-refractivity contribution in [3.05, 3.63) is 54.3 Å². The highest BCUT2D eigenvalue weighted by molar-refractivity contribution is 7.92. The Morgan fingerprint density at radius 1 is 1.21 bits per heavy atom. The van der Waals surface area contributed by atoms with Crippen LogP contribution >= 0.6 is 0 Å². The van der Waals surface area contributed by atoms with Crippen molar-refractivity contribution in [2.75, 3.05) is 23.7 Å². The van der Waals surface area contributed by atoms with Gasteiger partial charge in [-0.1, -0.05) is 31.2 Å². The van der Waals surface area contributed by atoms with Gasteiger partial charge in [-0.05, 0) is 30.7 Å². The second kappa shape index (κ2) is 8.69. The van der Waals surface area contributed by atoms with Crippen molar-refractivity contribution in [3.63, 3.8) is 0 Å². The monoisotopic (exact) mass is 422 g/mol. The highest BCUT2D eigenvalue weighted by Crippen LogP contribution is 2.30. The molecular formula is C20H23FN2O5S. The van der Waals surface area contributed by atoms with Gasteiger partial charge in [0.1, 0.15) is 24.6 Å². The smallest absolute Gasteiger partial charge is 0.244 e. The lowest BCUT2D eigenvalue weighted by Gasteiger charge is -2.31. The molecule has 0 saturated heterocycles. The Kier molecular flexibility index (Phi) is 6.26. The molecule has 0 fully saturated rings. The number of carbonyl (C=O) groups excluding carboxylic acids is 1. The summed E-state index contributed by atoms with van der Waals surface area (Å²) >= 11 is 0. The Morgan fingerprint density at radius 2 is 1.86 bits per heavy atom. The van der Waals surface area contributed by atoms with Crippen LogP contribution < -0.4 is 19.1 Å². The Bertz CT molecular complexity index is 982. The van der Waals surface area contributed by atoms with Crippen molar-refractivity contribution in [3.8, 4) is 11.5 Å². The van der Waals surface area contributed by atoms with Gasteiger partial charge in [0.15, 0.2) is 11.5 Å². The number of nitrogens with zero attached hydrogens (tertiary/aromatic N) is 1. The lowest BCUT2D eigenvalue weighted by molar-refractivity contribution is -0.122. The molecule has 0 unspecified atom stereocenters. The maximum Gasteiger partial charge on any atom is 0.244 e. The van der Waals surface area contributed by atoms with Crippen molar-refractivity contribution in [1.29, 1.82) is 0 Å². The van der Waals surface area contributed by atoms with Gasteiger partial charge in [0.25, 0.3) is 0 Å². The van der Waals surface area contributed by atoms with E-state index < -0.39 is 33.9 Å². The topological polar surface area (TPSA) is 84.9 Å². The van der Waals surface area contributed by atoms with Gasteiger partial charge >= 0.3 is 0 Å². The van der Waals surface area contributed by atoms with E-state index in [9.17, 15) is 17.6 Å². The van der Waals surface area contributed by atoms with Crippen LogP contribution in [0.1, 0.15) is 13.3 Å². The van der Waals surface area contributed by atoms with Crippen LogP contribution in [0.2, 0.25) is 0 Å². The third-order valence-corrected chi connectivity index (χ3v) is 5.66. The molecule has 1 aliphatic heterocycles. The minimum atomic E-state index is -3.90. The van der Waals surface area contributed by atoms with E-state index >= 15 is 0 Å². The molecule has 7 nitrogen and oxygen atoms in total. The largest absolute Gasteiger partial charge is 0.486 e. The summed E-state index contributed by atoms with van der Waals surface area (Å²) in [6, 6.07) is 11.6. The number of rotatable bonds is 7. The molecule has 2 aromatic rings. The van der Waals surface area contributed by atoms with Gasteiger partial charge in [-0.3, -0.25) is 9.10 Å². The van der Waals surface area contributed by atoms with Crippen molar-refractivity contribution >= 4 is 21.6 Å². The zero-order valence-electron chi connectivity index (χ0n) is 16.2. The number of fused-ring (bicyclic) bond motifs is 1. The van der Waals surface area contributed by atoms with Gasteiger partial charge in [-0.15, -0.1) is 0 Å². The number of nitrogens with one attached hydrogen (secondary N) is 1. The van der Waals surface area contributed by atoms with Crippen molar-refractivity contribution < 1.29 is 27.1 Å². The van der Waals surface area contributed by atoms with Gasteiger partial charge in [0, 0.05) is 0 Å². The zero-order valence-corrected chi connectivity index (χ0v) is 17.0. The molecule has 156 valence electrons. The van der Waals surface area contributed by atoms with Crippen LogP contribution in [-0.4, -0.2) is 45.9 Å². The molecule has 0 bridgehead atoms. The summed E-state index contributed by atoms with van der Waals surface area (Å²) in [5.74, 6) is -0.0492. The fourth-order valence-corrected chi connectivity index (χ4v) is 4.37. The molecule has 0 spiro atoms. The van der Waals surface area contributed by atoms with Gasteiger partial charge in [-0.2, -0.15) is 0 Å². The molecule has 9 heteroatoms. The van der Waals surface area contributed by atoms with Crippen LogP contribution in [0.15, 0.2) is 48.5 Å². The second-order valence-electron chi connectivity index (χ2n) is 6.68. The van der Waals surface area contributed by atoms with Crippen LogP contribution in [0.5, 0.6) is 11.5 Å². The molecule has 0 aromatic heterocycles. The highest BCUT2D eigenvalue weighted by atomic mass is 32.2. The SMILES string of the molecule is CC[C@H](C(=O)NC[C@@H]1COc2ccccc2O1)N(c1ccccc1F)S(C)(=O)=O. The minimum absolute atomic E-state index is 0.124. The summed E-state index contributed by atoms with van der Waals surface area (Å²) in [4.78, 5) is 12.8. The second-order valence-corrected chi connectivity index (χ2v) is 8.54. The van der Waals surface area contributed by atoms with E-state index in [4.69, 9.17) is 9.47 Å². The first-order valence-corrected chi connectivity index (χ1v) is 11.1. The first-order valence-electron chi connectivity index (χ1n) is 9.21. The summed E-state index contributed by atoms with van der Waals surface area (Å²) in [6.07, 6.45) is 0.689. The van der Waals surface area contributed by atoms with E-state index in [-0.39, 0.29) is 25.3 Å². The lowest BCUT2D eigenvalue weighted by atomic mass is 10.1. The molecule has 1 amide bonds. The fourth-order valence-electron chi connectivity index (χ4n) is 3.16. The quantitative estimate of drug-likeness (QED) is 0.740. The number of para-hydroxylation sites is 3. The fraction of sp³-hybridized carbons (Fsp3) is 0.350. The number of anilines is 1. The molecule has 1 aliphatic rings. The van der Waals surface area contributed by atoms with Crippen LogP contribution in [0.25, 0.3) is 0 Å². The number of ether oxygens (including phenoxy) is 2. The van der Waals surface area contributed by atoms with Gasteiger partial charge in [0.05, 0.1) is 18.5 Å². The highest BCUT2D eigenvalue weighted by Gasteiger charge is 2.33. The molecule has 1 heterocycles. The summed E-state index contributed by atoms with van der Waals surface area (Å²) in [5.41, 5.74) is -0.164. The summed E-state index contributed by atoms with van der Waals surface area (Å²) < 4.78 is 51.2. The van der Waals surface area contributed by atoms with Gasteiger partial charge in [-0.25, -0.2) is 12.8 Å². The number of sulfonamides is 1. The maximum absolute atomic E-state index is 14.3. The molecule has 2 atom stereocenters. The Hall–Kier alpha value is -2.81. The van der Waals surface area contributed by atoms with Gasteiger partial charge < -0.3 is 14.8 Å². The van der Waals surface area contributed by atoms with Crippen LogP contribution in [0.4, 0.5) is 10.1 Å².